The normalized spacial score (nSPS) is 13.9. The highest BCUT2D eigenvalue weighted by molar-refractivity contribution is 7.47. The van der Waals surface area contributed by atoms with Crippen molar-refractivity contribution in [1.82, 2.24) is 0 Å². The molecule has 0 aliphatic rings. The van der Waals surface area contributed by atoms with Gasteiger partial charge in [-0.15, -0.1) is 0 Å². The lowest BCUT2D eigenvalue weighted by molar-refractivity contribution is 0.0375. The zero-order valence-corrected chi connectivity index (χ0v) is 11.9. The number of hydrogen-bond acceptors (Lipinski definition) is 5. The Morgan fingerprint density at radius 3 is 2.58 bits per heavy atom. The van der Waals surface area contributed by atoms with Crippen LogP contribution in [-0.4, -0.2) is 23.6 Å². The van der Waals surface area contributed by atoms with E-state index in [9.17, 15) is 14.3 Å². The maximum atomic E-state index is 11.8. The van der Waals surface area contributed by atoms with E-state index in [0.29, 0.717) is 0 Å². The van der Waals surface area contributed by atoms with Gasteiger partial charge in [0.25, 0.3) is 0 Å². The van der Waals surface area contributed by atoms with Gasteiger partial charge >= 0.3 is 13.8 Å². The van der Waals surface area contributed by atoms with Crippen LogP contribution in [-0.2, 0) is 13.8 Å². The first-order valence-corrected chi connectivity index (χ1v) is 7.32. The molecule has 1 unspecified atom stereocenters. The first-order valence-electron chi connectivity index (χ1n) is 5.82. The smallest absolute Gasteiger partial charge is 0.459 e. The molecule has 0 radical (unpaired) electrons. The predicted molar refractivity (Wildman–Crippen MR) is 69.1 cm³/mol. The summed E-state index contributed by atoms with van der Waals surface area (Å²) in [5, 5.41) is 0. The van der Waals surface area contributed by atoms with Gasteiger partial charge in [0.1, 0.15) is 11.3 Å². The lowest BCUT2D eigenvalue weighted by Gasteiger charge is -2.15. The maximum Gasteiger partial charge on any atom is 0.527 e. The number of esters is 1. The van der Waals surface area contributed by atoms with Crippen LogP contribution in [0.2, 0.25) is 0 Å². The fourth-order valence-corrected chi connectivity index (χ4v) is 2.09. The Bertz CT molecular complexity index is 485. The zero-order valence-electron chi connectivity index (χ0n) is 11.0. The average molecular weight is 288 g/mol. The highest BCUT2D eigenvalue weighted by Gasteiger charge is 2.25. The molecule has 106 valence electrons. The van der Waals surface area contributed by atoms with Gasteiger partial charge in [-0.1, -0.05) is 12.1 Å². The molecule has 0 saturated heterocycles. The Balaban J connectivity index is 2.96. The van der Waals surface area contributed by atoms with Crippen LogP contribution in [0.25, 0.3) is 0 Å². The molecule has 0 spiro atoms. The molecule has 0 fully saturated rings. The highest BCUT2D eigenvalue weighted by atomic mass is 31.2. The molecule has 0 saturated carbocycles. The summed E-state index contributed by atoms with van der Waals surface area (Å²) < 4.78 is 26.0. The van der Waals surface area contributed by atoms with Gasteiger partial charge in [-0.05, 0) is 32.9 Å². The van der Waals surface area contributed by atoms with Crippen LogP contribution in [0.1, 0.15) is 31.1 Å². The van der Waals surface area contributed by atoms with E-state index in [4.69, 9.17) is 9.26 Å². The summed E-state index contributed by atoms with van der Waals surface area (Å²) in [7, 11) is -4.22. The van der Waals surface area contributed by atoms with Crippen LogP contribution >= 0.6 is 7.82 Å². The molecule has 0 amide bonds. The number of para-hydroxylation sites is 1. The molecule has 0 bridgehead atoms. The van der Waals surface area contributed by atoms with Gasteiger partial charge in [-0.2, -0.15) is 0 Å². The summed E-state index contributed by atoms with van der Waals surface area (Å²) in [6.45, 7) is 4.99. The molecule has 0 aromatic heterocycles. The Kier molecular flexibility index (Phi) is 5.54. The Morgan fingerprint density at radius 1 is 1.37 bits per heavy atom. The fourth-order valence-electron chi connectivity index (χ4n) is 1.31. The molecule has 6 nitrogen and oxygen atoms in total. The van der Waals surface area contributed by atoms with E-state index in [1.165, 1.54) is 12.1 Å². The summed E-state index contributed by atoms with van der Waals surface area (Å²) in [5.74, 6) is -0.672. The minimum absolute atomic E-state index is 0.0202. The van der Waals surface area contributed by atoms with Gasteiger partial charge in [0, 0.05) is 0 Å². The van der Waals surface area contributed by atoms with E-state index < -0.39 is 13.8 Å². The second kappa shape index (κ2) is 6.70. The van der Waals surface area contributed by atoms with Gasteiger partial charge in [-0.3, -0.25) is 9.42 Å². The van der Waals surface area contributed by atoms with Crippen molar-refractivity contribution < 1.29 is 28.0 Å². The number of carbonyl (C=O) groups is 1. The molecule has 0 aliphatic carbocycles. The lowest BCUT2D eigenvalue weighted by atomic mass is 10.2. The third kappa shape index (κ3) is 5.03. The number of rotatable bonds is 6. The Morgan fingerprint density at radius 2 is 2.00 bits per heavy atom. The van der Waals surface area contributed by atoms with E-state index in [1.807, 2.05) is 0 Å². The first-order chi connectivity index (χ1) is 8.85. The van der Waals surface area contributed by atoms with E-state index >= 15 is 0 Å². The van der Waals surface area contributed by atoms with Gasteiger partial charge in [0.05, 0.1) is 12.7 Å². The van der Waals surface area contributed by atoms with Crippen molar-refractivity contribution in [2.75, 3.05) is 6.61 Å². The summed E-state index contributed by atoms with van der Waals surface area (Å²) in [4.78, 5) is 21.2. The van der Waals surface area contributed by atoms with E-state index in [0.717, 1.165) is 0 Å². The van der Waals surface area contributed by atoms with Crippen molar-refractivity contribution in [1.29, 1.82) is 0 Å². The number of ether oxygens (including phenoxy) is 1. The van der Waals surface area contributed by atoms with E-state index in [-0.39, 0.29) is 24.0 Å². The topological polar surface area (TPSA) is 82.1 Å². The SMILES string of the molecule is CCOP(=O)(O)Oc1ccccc1C(=O)OC(C)C. The van der Waals surface area contributed by atoms with Gasteiger partial charge < -0.3 is 9.26 Å². The van der Waals surface area contributed by atoms with Crippen LogP contribution in [0.5, 0.6) is 5.75 Å². The Hall–Kier alpha value is -1.36. The molecule has 1 N–H and O–H groups in total. The molecule has 1 atom stereocenters. The molecule has 1 rings (SSSR count). The molecule has 1 aromatic rings. The third-order valence-electron chi connectivity index (χ3n) is 1.96. The summed E-state index contributed by atoms with van der Waals surface area (Å²) in [6.07, 6.45) is -0.298. The molecule has 0 heterocycles. The second-order valence-corrected chi connectivity index (χ2v) is 5.31. The van der Waals surface area contributed by atoms with Crippen LogP contribution in [0.4, 0.5) is 0 Å². The van der Waals surface area contributed by atoms with Crippen LogP contribution in [0.15, 0.2) is 24.3 Å². The van der Waals surface area contributed by atoms with Crippen molar-refractivity contribution in [3.63, 3.8) is 0 Å². The zero-order chi connectivity index (χ0) is 14.5. The summed E-state index contributed by atoms with van der Waals surface area (Å²) in [6, 6.07) is 6.03. The summed E-state index contributed by atoms with van der Waals surface area (Å²) in [5.41, 5.74) is 0.0742. The van der Waals surface area contributed by atoms with Crippen LogP contribution in [0, 0.1) is 0 Å². The van der Waals surface area contributed by atoms with Crippen molar-refractivity contribution in [2.24, 2.45) is 0 Å². The Labute approximate surface area is 111 Å². The van der Waals surface area contributed by atoms with E-state index in [2.05, 4.69) is 4.52 Å². The van der Waals surface area contributed by atoms with Crippen LogP contribution < -0.4 is 4.52 Å². The molecule has 19 heavy (non-hydrogen) atoms. The predicted octanol–water partition coefficient (Wildman–Crippen LogP) is 2.77. The summed E-state index contributed by atoms with van der Waals surface area (Å²) >= 11 is 0. The number of carbonyl (C=O) groups excluding carboxylic acids is 1. The average Bonchev–Trinajstić information content (AvgIpc) is 2.27. The minimum Gasteiger partial charge on any atom is -0.459 e. The maximum absolute atomic E-state index is 11.8. The lowest BCUT2D eigenvalue weighted by Crippen LogP contribution is -2.13. The third-order valence-corrected chi connectivity index (χ3v) is 2.97. The standard InChI is InChI=1S/C12H17O6P/c1-4-16-19(14,15)18-11-8-6-5-7-10(11)12(13)17-9(2)3/h5-9H,4H2,1-3H3,(H,14,15). The van der Waals surface area contributed by atoms with Crippen molar-refractivity contribution in [2.45, 2.75) is 26.9 Å². The second-order valence-electron chi connectivity index (χ2n) is 3.93. The van der Waals surface area contributed by atoms with E-state index in [1.54, 1.807) is 32.9 Å². The number of hydrogen-bond donors (Lipinski definition) is 1. The molecule has 1 aromatic carbocycles. The highest BCUT2D eigenvalue weighted by Crippen LogP contribution is 2.44. The largest absolute Gasteiger partial charge is 0.527 e. The number of benzene rings is 1. The van der Waals surface area contributed by atoms with Crippen LogP contribution in [0.3, 0.4) is 0 Å². The van der Waals surface area contributed by atoms with Crippen molar-refractivity contribution in [3.05, 3.63) is 29.8 Å². The molecular formula is C12H17O6P. The monoisotopic (exact) mass is 288 g/mol. The quantitative estimate of drug-likeness (QED) is 0.640. The number of phosphoric acid groups is 1. The van der Waals surface area contributed by atoms with Crippen molar-refractivity contribution in [3.8, 4) is 5.75 Å². The fraction of sp³-hybridized carbons (Fsp3) is 0.417. The van der Waals surface area contributed by atoms with Gasteiger partial charge in [0.15, 0.2) is 0 Å². The molecule has 0 aliphatic heterocycles. The number of phosphoric ester groups is 1. The van der Waals surface area contributed by atoms with Gasteiger partial charge in [0.2, 0.25) is 0 Å². The van der Waals surface area contributed by atoms with Crippen molar-refractivity contribution >= 4 is 13.8 Å². The minimum atomic E-state index is -4.22. The molecule has 7 heteroatoms. The van der Waals surface area contributed by atoms with Gasteiger partial charge in [-0.25, -0.2) is 9.36 Å². The molecular weight excluding hydrogens is 271 g/mol. The first kappa shape index (κ1) is 15.7.